The second kappa shape index (κ2) is 6.58. The molecule has 1 atom stereocenters. The molecule has 0 bridgehead atoms. The molecule has 1 unspecified atom stereocenters. The lowest BCUT2D eigenvalue weighted by Gasteiger charge is -2.26. The van der Waals surface area contributed by atoms with E-state index in [0.717, 1.165) is 0 Å². The standard InChI is InChI=1S/C17H20N2O3/c1-17(21,13-7-5-4-6-8-13)11-16(20)19(2)14-9-10-15(22-3)18-12-14/h4-10,12,21H,11H2,1-3H3. The number of aromatic nitrogens is 1. The minimum Gasteiger partial charge on any atom is -0.481 e. The number of benzene rings is 1. The maximum absolute atomic E-state index is 12.4. The highest BCUT2D eigenvalue weighted by Crippen LogP contribution is 2.26. The van der Waals surface area contributed by atoms with Crippen LogP contribution in [0.3, 0.4) is 0 Å². The third-order valence-corrected chi connectivity index (χ3v) is 3.58. The van der Waals surface area contributed by atoms with Crippen LogP contribution in [-0.4, -0.2) is 30.2 Å². The number of hydrogen-bond donors (Lipinski definition) is 1. The Hall–Kier alpha value is -2.40. The molecule has 1 amide bonds. The molecular formula is C17H20N2O3. The average molecular weight is 300 g/mol. The second-order valence-corrected chi connectivity index (χ2v) is 5.33. The molecule has 2 rings (SSSR count). The van der Waals surface area contributed by atoms with E-state index in [0.29, 0.717) is 17.1 Å². The summed E-state index contributed by atoms with van der Waals surface area (Å²) in [7, 11) is 3.20. The summed E-state index contributed by atoms with van der Waals surface area (Å²) in [6, 6.07) is 12.6. The Labute approximate surface area is 130 Å². The van der Waals surface area contributed by atoms with Crippen LogP contribution in [0.5, 0.6) is 5.88 Å². The fourth-order valence-electron chi connectivity index (χ4n) is 2.15. The molecule has 1 aromatic carbocycles. The van der Waals surface area contributed by atoms with Crippen LogP contribution in [-0.2, 0) is 10.4 Å². The Balaban J connectivity index is 2.10. The summed E-state index contributed by atoms with van der Waals surface area (Å²) in [6.07, 6.45) is 1.55. The molecule has 0 fully saturated rings. The van der Waals surface area contributed by atoms with E-state index in [4.69, 9.17) is 4.74 Å². The molecule has 1 aromatic heterocycles. The summed E-state index contributed by atoms with van der Waals surface area (Å²) in [5.41, 5.74) is 0.145. The zero-order chi connectivity index (χ0) is 16.2. The van der Waals surface area contributed by atoms with Crippen LogP contribution in [0.2, 0.25) is 0 Å². The molecule has 0 saturated carbocycles. The fraction of sp³-hybridized carbons (Fsp3) is 0.294. The molecule has 0 spiro atoms. The number of anilines is 1. The van der Waals surface area contributed by atoms with E-state index in [1.165, 1.54) is 12.0 Å². The number of carbonyl (C=O) groups excluding carboxylic acids is 1. The van der Waals surface area contributed by atoms with Crippen molar-refractivity contribution >= 4 is 11.6 Å². The second-order valence-electron chi connectivity index (χ2n) is 5.33. The van der Waals surface area contributed by atoms with Gasteiger partial charge in [-0.25, -0.2) is 4.98 Å². The number of pyridine rings is 1. The van der Waals surface area contributed by atoms with Crippen LogP contribution in [0.15, 0.2) is 48.7 Å². The van der Waals surface area contributed by atoms with E-state index in [-0.39, 0.29) is 12.3 Å². The highest BCUT2D eigenvalue weighted by atomic mass is 16.5. The maximum Gasteiger partial charge on any atom is 0.230 e. The van der Waals surface area contributed by atoms with Gasteiger partial charge in [-0.2, -0.15) is 0 Å². The number of nitrogens with zero attached hydrogens (tertiary/aromatic N) is 2. The van der Waals surface area contributed by atoms with Crippen LogP contribution < -0.4 is 9.64 Å². The van der Waals surface area contributed by atoms with Gasteiger partial charge in [-0.15, -0.1) is 0 Å². The van der Waals surface area contributed by atoms with E-state index in [9.17, 15) is 9.90 Å². The van der Waals surface area contributed by atoms with E-state index in [2.05, 4.69) is 4.98 Å². The van der Waals surface area contributed by atoms with Crippen LogP contribution in [0, 0.1) is 0 Å². The van der Waals surface area contributed by atoms with Crippen LogP contribution in [0.1, 0.15) is 18.9 Å². The molecule has 5 nitrogen and oxygen atoms in total. The SMILES string of the molecule is COc1ccc(N(C)C(=O)CC(C)(O)c2ccccc2)cn1. The molecule has 0 radical (unpaired) electrons. The number of rotatable bonds is 5. The van der Waals surface area contributed by atoms with Crippen molar-refractivity contribution < 1.29 is 14.6 Å². The molecule has 1 heterocycles. The Morgan fingerprint density at radius 3 is 2.50 bits per heavy atom. The Bertz CT molecular complexity index is 624. The van der Waals surface area contributed by atoms with E-state index in [1.807, 2.05) is 30.3 Å². The first-order chi connectivity index (χ1) is 10.4. The Kier molecular flexibility index (Phi) is 4.78. The first-order valence-corrected chi connectivity index (χ1v) is 6.98. The number of ether oxygens (including phenoxy) is 1. The van der Waals surface area contributed by atoms with Gasteiger partial charge in [-0.05, 0) is 18.6 Å². The number of carbonyl (C=O) groups is 1. The minimum atomic E-state index is -1.22. The van der Waals surface area contributed by atoms with Gasteiger partial charge in [0.05, 0.1) is 31.0 Å². The van der Waals surface area contributed by atoms with E-state index < -0.39 is 5.60 Å². The normalized spacial score (nSPS) is 13.3. The van der Waals surface area contributed by atoms with Crippen molar-refractivity contribution in [3.8, 4) is 5.88 Å². The number of amides is 1. The van der Waals surface area contributed by atoms with E-state index in [1.54, 1.807) is 32.3 Å². The van der Waals surface area contributed by atoms with Crippen molar-refractivity contribution in [1.82, 2.24) is 4.98 Å². The van der Waals surface area contributed by atoms with Crippen LogP contribution >= 0.6 is 0 Å². The third kappa shape index (κ3) is 3.62. The van der Waals surface area contributed by atoms with Crippen molar-refractivity contribution in [1.29, 1.82) is 0 Å². The lowest BCUT2D eigenvalue weighted by molar-refractivity contribution is -0.123. The molecule has 0 aliphatic rings. The summed E-state index contributed by atoms with van der Waals surface area (Å²) in [6.45, 7) is 1.64. The fourth-order valence-corrected chi connectivity index (χ4v) is 2.15. The first kappa shape index (κ1) is 16.0. The van der Waals surface area contributed by atoms with Crippen molar-refractivity contribution in [3.05, 3.63) is 54.2 Å². The topological polar surface area (TPSA) is 62.7 Å². The van der Waals surface area contributed by atoms with Gasteiger partial charge in [0, 0.05) is 13.1 Å². The van der Waals surface area contributed by atoms with Gasteiger partial charge in [-0.3, -0.25) is 4.79 Å². The molecule has 116 valence electrons. The predicted octanol–water partition coefficient (Wildman–Crippen LogP) is 2.35. The summed E-state index contributed by atoms with van der Waals surface area (Å²) in [5.74, 6) is 0.293. The number of aliphatic hydroxyl groups is 1. The molecular weight excluding hydrogens is 280 g/mol. The summed E-state index contributed by atoms with van der Waals surface area (Å²) >= 11 is 0. The van der Waals surface area contributed by atoms with Crippen LogP contribution in [0.4, 0.5) is 5.69 Å². The molecule has 2 aromatic rings. The highest BCUT2D eigenvalue weighted by Gasteiger charge is 2.28. The Morgan fingerprint density at radius 1 is 1.27 bits per heavy atom. The van der Waals surface area contributed by atoms with Gasteiger partial charge < -0.3 is 14.7 Å². The molecule has 0 aliphatic carbocycles. The van der Waals surface area contributed by atoms with Gasteiger partial charge >= 0.3 is 0 Å². The minimum absolute atomic E-state index is 0.0143. The van der Waals surface area contributed by atoms with Crippen molar-refractivity contribution in [3.63, 3.8) is 0 Å². The third-order valence-electron chi connectivity index (χ3n) is 3.58. The Morgan fingerprint density at radius 2 is 1.95 bits per heavy atom. The van der Waals surface area contributed by atoms with Gasteiger partial charge in [0.2, 0.25) is 11.8 Å². The average Bonchev–Trinajstić information content (AvgIpc) is 2.54. The zero-order valence-electron chi connectivity index (χ0n) is 13.0. The zero-order valence-corrected chi connectivity index (χ0v) is 13.0. The molecule has 5 heteroatoms. The number of hydrogen-bond acceptors (Lipinski definition) is 4. The predicted molar refractivity (Wildman–Crippen MR) is 84.8 cm³/mol. The summed E-state index contributed by atoms with van der Waals surface area (Å²) in [5, 5.41) is 10.6. The highest BCUT2D eigenvalue weighted by molar-refractivity contribution is 5.93. The van der Waals surface area contributed by atoms with Gasteiger partial charge in [-0.1, -0.05) is 30.3 Å². The molecule has 0 saturated heterocycles. The van der Waals surface area contributed by atoms with Gasteiger partial charge in [0.1, 0.15) is 0 Å². The van der Waals surface area contributed by atoms with Gasteiger partial charge in [0.25, 0.3) is 0 Å². The quantitative estimate of drug-likeness (QED) is 0.920. The molecule has 22 heavy (non-hydrogen) atoms. The smallest absolute Gasteiger partial charge is 0.230 e. The lowest BCUT2D eigenvalue weighted by atomic mass is 9.92. The summed E-state index contributed by atoms with van der Waals surface area (Å²) < 4.78 is 4.99. The lowest BCUT2D eigenvalue weighted by Crippen LogP contribution is -2.34. The monoisotopic (exact) mass is 300 g/mol. The van der Waals surface area contributed by atoms with E-state index >= 15 is 0 Å². The largest absolute Gasteiger partial charge is 0.481 e. The van der Waals surface area contributed by atoms with Crippen molar-refractivity contribution in [2.24, 2.45) is 0 Å². The number of methoxy groups -OCH3 is 1. The summed E-state index contributed by atoms with van der Waals surface area (Å²) in [4.78, 5) is 17.9. The van der Waals surface area contributed by atoms with Crippen molar-refractivity contribution in [2.75, 3.05) is 19.1 Å². The molecule has 0 aliphatic heterocycles. The first-order valence-electron chi connectivity index (χ1n) is 6.98. The maximum atomic E-state index is 12.4. The molecule has 1 N–H and O–H groups in total. The van der Waals surface area contributed by atoms with Crippen LogP contribution in [0.25, 0.3) is 0 Å². The van der Waals surface area contributed by atoms with Gasteiger partial charge in [0.15, 0.2) is 0 Å². The van der Waals surface area contributed by atoms with Crippen molar-refractivity contribution in [2.45, 2.75) is 18.9 Å².